The van der Waals surface area contributed by atoms with Crippen molar-refractivity contribution in [3.05, 3.63) is 52.0 Å². The molecular formula is C22H26ClN2O7-. The monoisotopic (exact) mass is 465 g/mol. The lowest BCUT2D eigenvalue weighted by atomic mass is 9.56. The molecule has 4 rings (SSSR count). The zero-order chi connectivity index (χ0) is 23.0. The Morgan fingerprint density at radius 1 is 1.19 bits per heavy atom. The van der Waals surface area contributed by atoms with Gasteiger partial charge in [0, 0.05) is 17.9 Å². The summed E-state index contributed by atoms with van der Waals surface area (Å²) in [4.78, 5) is 26.4. The first-order valence-electron chi connectivity index (χ1n) is 10.0. The third-order valence-electron chi connectivity index (χ3n) is 7.13. The van der Waals surface area contributed by atoms with Gasteiger partial charge in [0.2, 0.25) is 0 Å². The number of likely N-dealkylation sites (N-methyl/N-ethyl adjacent to an activating group) is 1. The van der Waals surface area contributed by atoms with Crippen molar-refractivity contribution in [2.24, 2.45) is 17.6 Å². The van der Waals surface area contributed by atoms with Crippen LogP contribution < -0.4 is 18.1 Å². The number of aliphatic hydroxyl groups excluding tert-OH is 3. The van der Waals surface area contributed by atoms with Gasteiger partial charge in [-0.3, -0.25) is 14.5 Å². The van der Waals surface area contributed by atoms with E-state index in [4.69, 9.17) is 5.73 Å². The zero-order valence-corrected chi connectivity index (χ0v) is 18.5. The molecule has 0 saturated carbocycles. The van der Waals surface area contributed by atoms with Crippen molar-refractivity contribution in [3.63, 3.8) is 0 Å². The first-order chi connectivity index (χ1) is 14.4. The van der Waals surface area contributed by atoms with Crippen LogP contribution in [-0.2, 0) is 16.0 Å². The number of aliphatic hydroxyl groups is 4. The Hall–Kier alpha value is -2.59. The van der Waals surface area contributed by atoms with E-state index in [1.165, 1.54) is 25.1 Å². The lowest BCUT2D eigenvalue weighted by Crippen LogP contribution is -3.00. The zero-order valence-electron chi connectivity index (χ0n) is 17.8. The van der Waals surface area contributed by atoms with E-state index in [9.17, 15) is 35.1 Å². The number of primary amides is 1. The van der Waals surface area contributed by atoms with Crippen molar-refractivity contribution < 1.29 is 47.5 Å². The molecule has 32 heavy (non-hydrogen) atoms. The summed E-state index contributed by atoms with van der Waals surface area (Å²) in [5, 5.41) is 55.4. The molecule has 0 aliphatic heterocycles. The molecule has 0 aromatic heterocycles. The van der Waals surface area contributed by atoms with Crippen LogP contribution in [0.3, 0.4) is 0 Å². The molecule has 6 atom stereocenters. The fourth-order valence-electron chi connectivity index (χ4n) is 5.73. The molecule has 0 radical (unpaired) electrons. The van der Waals surface area contributed by atoms with Gasteiger partial charge in [0.05, 0.1) is 18.1 Å². The van der Waals surface area contributed by atoms with Gasteiger partial charge >= 0.3 is 0 Å². The second kappa shape index (κ2) is 7.77. The van der Waals surface area contributed by atoms with Crippen molar-refractivity contribution in [1.82, 2.24) is 4.90 Å². The van der Waals surface area contributed by atoms with E-state index in [1.54, 1.807) is 6.07 Å². The number of amides is 1. The minimum Gasteiger partial charge on any atom is -1.00 e. The van der Waals surface area contributed by atoms with Crippen molar-refractivity contribution in [1.29, 1.82) is 0 Å². The third-order valence-corrected chi connectivity index (χ3v) is 7.13. The molecule has 6 unspecified atom stereocenters. The molecule has 1 amide bonds. The molecule has 0 fully saturated rings. The minimum atomic E-state index is -2.58. The van der Waals surface area contributed by atoms with E-state index >= 15 is 0 Å². The Bertz CT molecular complexity index is 1070. The van der Waals surface area contributed by atoms with Gasteiger partial charge in [-0.25, -0.2) is 0 Å². The summed E-state index contributed by atoms with van der Waals surface area (Å²) in [6.07, 6.45) is -1.33. The number of rotatable bonds is 2. The molecule has 10 heteroatoms. The van der Waals surface area contributed by atoms with E-state index in [0.717, 1.165) is 5.56 Å². The van der Waals surface area contributed by atoms with Gasteiger partial charge in [-0.2, -0.15) is 0 Å². The quantitative estimate of drug-likeness (QED) is 0.252. The molecule has 7 N–H and O–H groups in total. The Kier molecular flexibility index (Phi) is 5.84. The van der Waals surface area contributed by atoms with Crippen molar-refractivity contribution in [3.8, 4) is 5.75 Å². The van der Waals surface area contributed by atoms with E-state index < -0.39 is 58.4 Å². The summed E-state index contributed by atoms with van der Waals surface area (Å²) in [6, 6.07) is 3.79. The number of Topliss-reactive ketones (excluding diaryl/α,β-unsaturated/α-hetero) is 1. The highest BCUT2D eigenvalue weighted by Crippen LogP contribution is 2.55. The minimum absolute atomic E-state index is 0. The lowest BCUT2D eigenvalue weighted by molar-refractivity contribution is -0.152. The number of ketones is 1. The average Bonchev–Trinajstić information content (AvgIpc) is 2.68. The average molecular weight is 466 g/mol. The van der Waals surface area contributed by atoms with E-state index in [2.05, 4.69) is 0 Å². The lowest BCUT2D eigenvalue weighted by Gasteiger charge is -2.54. The number of fused-ring (bicyclic) bond motifs is 3. The Morgan fingerprint density at radius 3 is 2.38 bits per heavy atom. The number of phenolic OH excluding ortho intramolecular Hbond substituents is 1. The maximum Gasteiger partial charge on any atom is 0.255 e. The van der Waals surface area contributed by atoms with Crippen molar-refractivity contribution in [2.45, 2.75) is 37.0 Å². The molecular weight excluding hydrogens is 440 g/mol. The molecule has 174 valence electrons. The van der Waals surface area contributed by atoms with Crippen molar-refractivity contribution in [2.75, 3.05) is 14.1 Å². The first kappa shape index (κ1) is 24.1. The van der Waals surface area contributed by atoms with Crippen molar-refractivity contribution >= 4 is 11.7 Å². The Balaban J connectivity index is 0.00000289. The topological polar surface area (TPSA) is 165 Å². The summed E-state index contributed by atoms with van der Waals surface area (Å²) >= 11 is 0. The molecule has 0 bridgehead atoms. The molecule has 0 heterocycles. The van der Waals surface area contributed by atoms with Gasteiger partial charge in [-0.1, -0.05) is 19.1 Å². The van der Waals surface area contributed by atoms with Crippen LogP contribution in [0.2, 0.25) is 0 Å². The van der Waals surface area contributed by atoms with Crippen LogP contribution >= 0.6 is 0 Å². The van der Waals surface area contributed by atoms with Gasteiger partial charge in [0.15, 0.2) is 11.4 Å². The highest BCUT2D eigenvalue weighted by Gasteiger charge is 2.65. The number of phenols is 1. The Labute approximate surface area is 190 Å². The number of nitrogens with zero attached hydrogens (tertiary/aromatic N) is 1. The highest BCUT2D eigenvalue weighted by molar-refractivity contribution is 6.22. The summed E-state index contributed by atoms with van der Waals surface area (Å²) in [5.74, 6) is -6.16. The van der Waals surface area contributed by atoms with Crippen LogP contribution in [0.25, 0.3) is 0 Å². The number of benzene rings is 1. The molecule has 1 aromatic carbocycles. The second-order valence-electron chi connectivity index (χ2n) is 8.85. The number of nitrogens with two attached hydrogens (primary N) is 1. The first-order valence-corrected chi connectivity index (χ1v) is 10.0. The molecule has 3 aliphatic rings. The number of carbonyl (C=O) groups excluding carboxylic acids is 2. The number of carbonyl (C=O) groups is 2. The molecule has 9 nitrogen and oxygen atoms in total. The van der Waals surface area contributed by atoms with Crippen LogP contribution in [0, 0.1) is 11.8 Å². The van der Waals surface area contributed by atoms with Crippen LogP contribution in [0.1, 0.15) is 24.0 Å². The van der Waals surface area contributed by atoms with Gasteiger partial charge in [-0.05, 0) is 37.2 Å². The molecule has 3 aliphatic carbocycles. The maximum absolute atomic E-state index is 13.0. The second-order valence-corrected chi connectivity index (χ2v) is 8.85. The van der Waals surface area contributed by atoms with Crippen LogP contribution in [0.5, 0.6) is 5.75 Å². The fourth-order valence-corrected chi connectivity index (χ4v) is 5.73. The highest BCUT2D eigenvalue weighted by atomic mass is 35.5. The number of hydrogen-bond donors (Lipinski definition) is 6. The SMILES string of the molecule is CC1c2cccc(O)c2CC2=C(O)C3(O)C(O)=C(C(N)=O)C(=O)C(N(C)C)C3C(O)C21.[Cl-]. The number of aromatic hydroxyl groups is 1. The van der Waals surface area contributed by atoms with E-state index in [0.29, 0.717) is 5.56 Å². The van der Waals surface area contributed by atoms with Crippen LogP contribution in [0.15, 0.2) is 40.9 Å². The van der Waals surface area contributed by atoms with Crippen LogP contribution in [0.4, 0.5) is 0 Å². The summed E-state index contributed by atoms with van der Waals surface area (Å²) in [5.41, 5.74) is 3.48. The number of halogens is 1. The summed E-state index contributed by atoms with van der Waals surface area (Å²) in [7, 11) is 3.06. The summed E-state index contributed by atoms with van der Waals surface area (Å²) < 4.78 is 0. The standard InChI is InChI=1S/C22H26N2O7.ClH/c1-8-9-5-4-6-12(25)10(9)7-11-13(8)17(26)15-16(24(2)3)18(27)14(21(23)30)20(29)22(15,31)19(11)28;/h4-6,8,13,15-17,25-26,28-29,31H,7H2,1-3H3,(H2,23,30);1H/p-1. The van der Waals surface area contributed by atoms with E-state index in [1.807, 2.05) is 13.0 Å². The molecule has 0 spiro atoms. The van der Waals surface area contributed by atoms with Gasteiger partial charge in [0.1, 0.15) is 22.8 Å². The number of hydrogen-bond acceptors (Lipinski definition) is 8. The third kappa shape index (κ3) is 2.88. The van der Waals surface area contributed by atoms with E-state index in [-0.39, 0.29) is 36.1 Å². The summed E-state index contributed by atoms with van der Waals surface area (Å²) in [6.45, 7) is 1.82. The predicted molar refractivity (Wildman–Crippen MR) is 109 cm³/mol. The maximum atomic E-state index is 13.0. The molecule has 0 saturated heterocycles. The smallest absolute Gasteiger partial charge is 0.255 e. The fraction of sp³-hybridized carbons (Fsp3) is 0.455. The van der Waals surface area contributed by atoms with Gasteiger partial charge < -0.3 is 43.7 Å². The molecule has 1 aromatic rings. The van der Waals surface area contributed by atoms with Crippen LogP contribution in [-0.4, -0.2) is 74.0 Å². The van der Waals surface area contributed by atoms with Gasteiger partial charge in [0.25, 0.3) is 5.91 Å². The van der Waals surface area contributed by atoms with Gasteiger partial charge in [-0.15, -0.1) is 0 Å². The Morgan fingerprint density at radius 2 is 1.81 bits per heavy atom. The predicted octanol–water partition coefficient (Wildman–Crippen LogP) is -2.98. The largest absolute Gasteiger partial charge is 1.00 e. The normalized spacial score (nSPS) is 33.9.